The minimum atomic E-state index is -0.487. The second-order valence-corrected chi connectivity index (χ2v) is 6.85. The molecule has 1 heterocycles. The lowest BCUT2D eigenvalue weighted by molar-refractivity contribution is -0.127. The Kier molecular flexibility index (Phi) is 6.15. The zero-order valence-electron chi connectivity index (χ0n) is 13.4. The zero-order chi connectivity index (χ0) is 16.8. The topological polar surface area (TPSA) is 84.5 Å². The van der Waals surface area contributed by atoms with Crippen molar-refractivity contribution in [3.8, 4) is 0 Å². The van der Waals surface area contributed by atoms with E-state index >= 15 is 0 Å². The second-order valence-electron chi connectivity index (χ2n) is 5.71. The van der Waals surface area contributed by atoms with Gasteiger partial charge in [0, 0.05) is 11.4 Å². The highest BCUT2D eigenvalue weighted by Crippen LogP contribution is 2.32. The van der Waals surface area contributed by atoms with Gasteiger partial charge in [0.25, 0.3) is 5.91 Å². The van der Waals surface area contributed by atoms with E-state index in [1.165, 1.54) is 21.8 Å². The molecule has 23 heavy (non-hydrogen) atoms. The normalized spacial score (nSPS) is 16.3. The van der Waals surface area contributed by atoms with Crippen LogP contribution in [0.3, 0.4) is 0 Å². The van der Waals surface area contributed by atoms with E-state index in [0.29, 0.717) is 17.3 Å². The number of esters is 1. The van der Waals surface area contributed by atoms with Gasteiger partial charge in [-0.25, -0.2) is 4.79 Å². The molecule has 0 unspecified atom stereocenters. The van der Waals surface area contributed by atoms with Gasteiger partial charge < -0.3 is 15.4 Å². The van der Waals surface area contributed by atoms with Crippen molar-refractivity contribution in [2.75, 3.05) is 19.7 Å². The van der Waals surface area contributed by atoms with Crippen LogP contribution in [0.15, 0.2) is 6.07 Å². The Bertz CT molecular complexity index is 597. The zero-order valence-corrected chi connectivity index (χ0v) is 14.3. The van der Waals surface area contributed by atoms with Crippen LogP contribution in [0.25, 0.3) is 0 Å². The summed E-state index contributed by atoms with van der Waals surface area (Å²) in [7, 11) is 0. The molecule has 2 N–H and O–H groups in total. The van der Waals surface area contributed by atoms with Crippen LogP contribution < -0.4 is 10.6 Å². The first kappa shape index (κ1) is 17.5. The lowest BCUT2D eigenvalue weighted by atomic mass is 9.90. The van der Waals surface area contributed by atoms with E-state index in [-0.39, 0.29) is 19.1 Å². The van der Waals surface area contributed by atoms with Crippen LogP contribution in [0.1, 0.15) is 40.4 Å². The molecule has 1 aliphatic carbocycles. The first-order valence-electron chi connectivity index (χ1n) is 7.81. The van der Waals surface area contributed by atoms with Crippen LogP contribution in [0.2, 0.25) is 0 Å². The molecular formula is C16H22N2O4S. The van der Waals surface area contributed by atoms with Crippen molar-refractivity contribution < 1.29 is 19.1 Å². The summed E-state index contributed by atoms with van der Waals surface area (Å²) in [4.78, 5) is 36.6. The molecule has 0 aliphatic heterocycles. The Balaban J connectivity index is 1.79. The van der Waals surface area contributed by atoms with Crippen molar-refractivity contribution in [1.82, 2.24) is 10.6 Å². The molecule has 7 heteroatoms. The SMILES string of the molecule is CCNC(=O)CNC(=O)COC(=O)c1cc2c(s1)CC[C@H](C)C2. The smallest absolute Gasteiger partial charge is 0.348 e. The predicted octanol–water partition coefficient (Wildman–Crippen LogP) is 1.28. The molecule has 0 bridgehead atoms. The number of carbonyl (C=O) groups is 3. The molecule has 1 atom stereocenters. The highest BCUT2D eigenvalue weighted by Gasteiger charge is 2.21. The summed E-state index contributed by atoms with van der Waals surface area (Å²) in [5.41, 5.74) is 1.22. The molecule has 0 radical (unpaired) electrons. The molecule has 1 aromatic rings. The summed E-state index contributed by atoms with van der Waals surface area (Å²) in [6, 6.07) is 1.88. The molecule has 0 saturated heterocycles. The number of carbonyl (C=O) groups excluding carboxylic acids is 3. The molecule has 1 aromatic heterocycles. The standard InChI is InChI=1S/C16H22N2O4S/c1-3-17-14(19)8-18-15(20)9-22-16(21)13-7-11-6-10(2)4-5-12(11)23-13/h7,10H,3-6,8-9H2,1-2H3,(H,17,19)(H,18,20)/t10-/m0/s1. The average molecular weight is 338 g/mol. The summed E-state index contributed by atoms with van der Waals surface area (Å²) in [6.07, 6.45) is 3.14. The fraction of sp³-hybridized carbons (Fsp3) is 0.562. The Morgan fingerprint density at radius 1 is 1.30 bits per heavy atom. The van der Waals surface area contributed by atoms with Gasteiger partial charge in [0.15, 0.2) is 6.61 Å². The van der Waals surface area contributed by atoms with E-state index in [1.807, 2.05) is 6.07 Å². The second kappa shape index (κ2) is 8.10. The lowest BCUT2D eigenvalue weighted by Crippen LogP contribution is -2.38. The predicted molar refractivity (Wildman–Crippen MR) is 87.5 cm³/mol. The van der Waals surface area contributed by atoms with Crippen LogP contribution in [0.4, 0.5) is 0 Å². The van der Waals surface area contributed by atoms with Crippen molar-refractivity contribution in [2.45, 2.75) is 33.1 Å². The van der Waals surface area contributed by atoms with Crippen molar-refractivity contribution in [2.24, 2.45) is 5.92 Å². The van der Waals surface area contributed by atoms with Crippen LogP contribution in [0.5, 0.6) is 0 Å². The molecule has 0 spiro atoms. The van der Waals surface area contributed by atoms with Gasteiger partial charge >= 0.3 is 5.97 Å². The number of nitrogens with one attached hydrogen (secondary N) is 2. The van der Waals surface area contributed by atoms with Gasteiger partial charge in [-0.2, -0.15) is 0 Å². The molecule has 1 aliphatic rings. The Labute approximate surface area is 139 Å². The molecule has 6 nitrogen and oxygen atoms in total. The number of hydrogen-bond acceptors (Lipinski definition) is 5. The number of aryl methyl sites for hydroxylation is 1. The van der Waals surface area contributed by atoms with Crippen molar-refractivity contribution >= 4 is 29.1 Å². The van der Waals surface area contributed by atoms with Crippen LogP contribution in [0, 0.1) is 5.92 Å². The van der Waals surface area contributed by atoms with Crippen molar-refractivity contribution in [3.63, 3.8) is 0 Å². The minimum absolute atomic E-state index is 0.116. The van der Waals surface area contributed by atoms with Crippen molar-refractivity contribution in [1.29, 1.82) is 0 Å². The maximum Gasteiger partial charge on any atom is 0.348 e. The number of likely N-dealkylation sites (N-methyl/N-ethyl adjacent to an activating group) is 1. The summed E-state index contributed by atoms with van der Waals surface area (Å²) in [5, 5.41) is 4.97. The van der Waals surface area contributed by atoms with E-state index in [9.17, 15) is 14.4 Å². The number of fused-ring (bicyclic) bond motifs is 1. The van der Waals surface area contributed by atoms with Crippen LogP contribution in [-0.4, -0.2) is 37.5 Å². The summed E-state index contributed by atoms with van der Waals surface area (Å²) >= 11 is 1.45. The largest absolute Gasteiger partial charge is 0.451 e. The first-order valence-corrected chi connectivity index (χ1v) is 8.63. The van der Waals surface area contributed by atoms with E-state index in [2.05, 4.69) is 17.6 Å². The van der Waals surface area contributed by atoms with Crippen LogP contribution in [-0.2, 0) is 27.2 Å². The Morgan fingerprint density at radius 2 is 2.09 bits per heavy atom. The Hall–Kier alpha value is -1.89. The molecule has 2 rings (SSSR count). The van der Waals surface area contributed by atoms with Gasteiger partial charge in [0.05, 0.1) is 6.54 Å². The number of hydrogen-bond donors (Lipinski definition) is 2. The van der Waals surface area contributed by atoms with Gasteiger partial charge in [0.2, 0.25) is 5.91 Å². The van der Waals surface area contributed by atoms with Gasteiger partial charge in [-0.15, -0.1) is 11.3 Å². The third kappa shape index (κ3) is 5.06. The van der Waals surface area contributed by atoms with Crippen LogP contribution >= 0.6 is 11.3 Å². The monoisotopic (exact) mass is 338 g/mol. The summed E-state index contributed by atoms with van der Waals surface area (Å²) in [5.74, 6) is -0.599. The molecule has 2 amide bonds. The maximum atomic E-state index is 12.0. The third-order valence-electron chi connectivity index (χ3n) is 3.68. The Morgan fingerprint density at radius 3 is 2.83 bits per heavy atom. The quantitative estimate of drug-likeness (QED) is 0.765. The highest BCUT2D eigenvalue weighted by molar-refractivity contribution is 7.14. The molecular weight excluding hydrogens is 316 g/mol. The van der Waals surface area contributed by atoms with Crippen molar-refractivity contribution in [3.05, 3.63) is 21.4 Å². The molecule has 126 valence electrons. The number of ether oxygens (including phenoxy) is 1. The molecule has 0 aromatic carbocycles. The fourth-order valence-electron chi connectivity index (χ4n) is 2.50. The van der Waals surface area contributed by atoms with E-state index < -0.39 is 11.9 Å². The summed E-state index contributed by atoms with van der Waals surface area (Å²) in [6.45, 7) is 4.01. The third-order valence-corrected chi connectivity index (χ3v) is 4.90. The number of rotatable bonds is 6. The van der Waals surface area contributed by atoms with Gasteiger partial charge in [0.1, 0.15) is 4.88 Å². The molecule has 0 fully saturated rings. The maximum absolute atomic E-state index is 12.0. The average Bonchev–Trinajstić information content (AvgIpc) is 2.94. The molecule has 0 saturated carbocycles. The minimum Gasteiger partial charge on any atom is -0.451 e. The van der Waals surface area contributed by atoms with Gasteiger partial charge in [-0.05, 0) is 43.7 Å². The van der Waals surface area contributed by atoms with Gasteiger partial charge in [-0.1, -0.05) is 6.92 Å². The summed E-state index contributed by atoms with van der Waals surface area (Å²) < 4.78 is 5.01. The lowest BCUT2D eigenvalue weighted by Gasteiger charge is -2.16. The number of amides is 2. The van der Waals surface area contributed by atoms with E-state index in [1.54, 1.807) is 6.92 Å². The highest BCUT2D eigenvalue weighted by atomic mass is 32.1. The first-order chi connectivity index (χ1) is 11.0. The fourth-order valence-corrected chi connectivity index (χ4v) is 3.60. The van der Waals surface area contributed by atoms with E-state index in [0.717, 1.165) is 19.3 Å². The van der Waals surface area contributed by atoms with Gasteiger partial charge in [-0.3, -0.25) is 9.59 Å². The van der Waals surface area contributed by atoms with E-state index in [4.69, 9.17) is 4.74 Å². The number of thiophene rings is 1.